The van der Waals surface area contributed by atoms with Crippen LogP contribution in [-0.4, -0.2) is 50.9 Å². The number of H-pyrrole nitrogens is 1. The molecule has 6 heteroatoms. The van der Waals surface area contributed by atoms with Crippen LogP contribution in [0.25, 0.3) is 0 Å². The maximum absolute atomic E-state index is 12.9. The number of carbonyl (C=O) groups excluding carboxylic acids is 1. The summed E-state index contributed by atoms with van der Waals surface area (Å²) in [6.45, 7) is 6.83. The molecule has 1 unspecified atom stereocenters. The van der Waals surface area contributed by atoms with Crippen LogP contribution in [0.2, 0.25) is 0 Å². The molecule has 0 saturated carbocycles. The summed E-state index contributed by atoms with van der Waals surface area (Å²) in [5, 5.41) is 13.5. The lowest BCUT2D eigenvalue weighted by molar-refractivity contribution is -0.133. The Bertz CT molecular complexity index is 805. The molecule has 1 aromatic heterocycles. The molecule has 1 fully saturated rings. The lowest BCUT2D eigenvalue weighted by Crippen LogP contribution is -2.44. The van der Waals surface area contributed by atoms with E-state index < -0.39 is 0 Å². The average molecular weight is 351 g/mol. The number of aryl methyl sites for hydroxylation is 1. The Labute approximate surface area is 153 Å². The van der Waals surface area contributed by atoms with E-state index >= 15 is 0 Å². The molecular weight excluding hydrogens is 326 g/mol. The minimum Gasteiger partial charge on any atom is -0.299 e. The van der Waals surface area contributed by atoms with Crippen LogP contribution in [0.15, 0.2) is 41.5 Å². The summed E-state index contributed by atoms with van der Waals surface area (Å²) in [7, 11) is 0. The molecule has 136 valence electrons. The number of carbonyl (C=O) groups is 1. The van der Waals surface area contributed by atoms with Gasteiger partial charge in [-0.3, -0.25) is 14.8 Å². The van der Waals surface area contributed by atoms with Gasteiger partial charge in [0.25, 0.3) is 5.91 Å². The third kappa shape index (κ3) is 3.29. The van der Waals surface area contributed by atoms with Crippen LogP contribution in [0, 0.1) is 6.92 Å². The Morgan fingerprint density at radius 2 is 1.88 bits per heavy atom. The zero-order valence-electron chi connectivity index (χ0n) is 15.4. The van der Waals surface area contributed by atoms with Gasteiger partial charge in [-0.25, -0.2) is 5.01 Å². The molecule has 0 spiro atoms. The molecule has 1 amide bonds. The number of hydrogen-bond donors (Lipinski definition) is 1. The molecule has 0 aliphatic carbocycles. The second-order valence-electron chi connectivity index (χ2n) is 7.33. The van der Waals surface area contributed by atoms with Crippen LogP contribution < -0.4 is 0 Å². The summed E-state index contributed by atoms with van der Waals surface area (Å²) in [6, 6.07) is 12.7. The zero-order chi connectivity index (χ0) is 18.1. The van der Waals surface area contributed by atoms with Crippen molar-refractivity contribution in [3.63, 3.8) is 0 Å². The molecule has 1 aromatic carbocycles. The zero-order valence-corrected chi connectivity index (χ0v) is 15.4. The first-order valence-electron chi connectivity index (χ1n) is 9.28. The highest BCUT2D eigenvalue weighted by molar-refractivity contribution is 6.11. The predicted octanol–water partition coefficient (Wildman–Crippen LogP) is 2.68. The molecule has 4 rings (SSSR count). The van der Waals surface area contributed by atoms with E-state index in [1.54, 1.807) is 5.01 Å². The summed E-state index contributed by atoms with van der Waals surface area (Å²) in [5.74, 6) is -0.266. The van der Waals surface area contributed by atoms with Gasteiger partial charge in [-0.15, -0.1) is 0 Å². The van der Waals surface area contributed by atoms with Gasteiger partial charge in [0, 0.05) is 25.3 Å². The number of hydrazone groups is 1. The Morgan fingerprint density at radius 1 is 1.15 bits per heavy atom. The average Bonchev–Trinajstić information content (AvgIpc) is 3.19. The quantitative estimate of drug-likeness (QED) is 0.921. The van der Waals surface area contributed by atoms with Gasteiger partial charge in [0.1, 0.15) is 5.92 Å². The molecule has 1 saturated heterocycles. The van der Waals surface area contributed by atoms with Crippen LogP contribution >= 0.6 is 0 Å². The van der Waals surface area contributed by atoms with Gasteiger partial charge in [0.2, 0.25) is 0 Å². The Hall–Kier alpha value is -2.47. The van der Waals surface area contributed by atoms with Crippen LogP contribution in [-0.2, 0) is 11.3 Å². The van der Waals surface area contributed by atoms with Gasteiger partial charge in [0.05, 0.1) is 17.4 Å². The third-order valence-electron chi connectivity index (χ3n) is 5.33. The van der Waals surface area contributed by atoms with E-state index in [4.69, 9.17) is 0 Å². The topological polar surface area (TPSA) is 64.6 Å². The van der Waals surface area contributed by atoms with E-state index in [0.717, 1.165) is 49.6 Å². The van der Waals surface area contributed by atoms with Crippen molar-refractivity contribution in [1.29, 1.82) is 0 Å². The van der Waals surface area contributed by atoms with Crippen molar-refractivity contribution in [1.82, 2.24) is 20.1 Å². The van der Waals surface area contributed by atoms with E-state index in [1.165, 1.54) is 5.56 Å². The molecule has 2 aromatic rings. The lowest BCUT2D eigenvalue weighted by Gasteiger charge is -2.35. The fourth-order valence-electron chi connectivity index (χ4n) is 3.94. The normalized spacial score (nSPS) is 22.1. The smallest absolute Gasteiger partial charge is 0.257 e. The highest BCUT2D eigenvalue weighted by Crippen LogP contribution is 2.30. The van der Waals surface area contributed by atoms with Gasteiger partial charge in [0.15, 0.2) is 0 Å². The summed E-state index contributed by atoms with van der Waals surface area (Å²) < 4.78 is 0. The summed E-state index contributed by atoms with van der Waals surface area (Å²) in [6.07, 6.45) is 1.92. The van der Waals surface area contributed by atoms with Gasteiger partial charge in [-0.2, -0.15) is 10.2 Å². The first kappa shape index (κ1) is 17.0. The number of hydrogen-bond acceptors (Lipinski definition) is 4. The molecule has 0 radical (unpaired) electrons. The number of rotatable bonds is 4. The number of nitrogens with zero attached hydrogens (tertiary/aromatic N) is 4. The summed E-state index contributed by atoms with van der Waals surface area (Å²) in [4.78, 5) is 15.4. The Balaban J connectivity index is 1.38. The number of benzene rings is 1. The van der Waals surface area contributed by atoms with Gasteiger partial charge in [-0.05, 0) is 38.3 Å². The monoisotopic (exact) mass is 351 g/mol. The standard InChI is InChI=1S/C20H25N5O/c1-14-12-18(22-21-14)19-15(2)23-25(20(19)26)17-8-10-24(11-9-17)13-16-6-4-3-5-7-16/h3-7,12,17,19H,8-11,13H2,1-2H3,(H,21,22). The fourth-order valence-corrected chi connectivity index (χ4v) is 3.94. The molecule has 0 bridgehead atoms. The van der Waals surface area contributed by atoms with E-state index in [-0.39, 0.29) is 17.9 Å². The first-order valence-corrected chi connectivity index (χ1v) is 9.28. The number of nitrogens with one attached hydrogen (secondary N) is 1. The van der Waals surface area contributed by atoms with E-state index in [0.29, 0.717) is 0 Å². The van der Waals surface area contributed by atoms with Crippen LogP contribution in [0.4, 0.5) is 0 Å². The van der Waals surface area contributed by atoms with E-state index in [9.17, 15) is 4.79 Å². The van der Waals surface area contributed by atoms with Crippen molar-refractivity contribution >= 4 is 11.6 Å². The Morgan fingerprint density at radius 3 is 2.54 bits per heavy atom. The molecule has 2 aliphatic rings. The minimum absolute atomic E-state index is 0.0653. The molecule has 2 aliphatic heterocycles. The number of likely N-dealkylation sites (tertiary alicyclic amines) is 1. The first-order chi connectivity index (χ1) is 12.6. The third-order valence-corrected chi connectivity index (χ3v) is 5.33. The molecule has 1 N–H and O–H groups in total. The predicted molar refractivity (Wildman–Crippen MR) is 101 cm³/mol. The number of piperidine rings is 1. The van der Waals surface area contributed by atoms with Crippen molar-refractivity contribution in [3.05, 3.63) is 53.3 Å². The van der Waals surface area contributed by atoms with E-state index in [1.807, 2.05) is 26.0 Å². The van der Waals surface area contributed by atoms with Crippen molar-refractivity contribution in [3.8, 4) is 0 Å². The highest BCUT2D eigenvalue weighted by atomic mass is 16.2. The number of amides is 1. The Kier molecular flexibility index (Phi) is 4.59. The van der Waals surface area contributed by atoms with Gasteiger partial charge in [-0.1, -0.05) is 30.3 Å². The second kappa shape index (κ2) is 7.03. The SMILES string of the molecule is CC1=NN(C2CCN(Cc3ccccc3)CC2)C(=O)C1c1cc(C)[nH]n1. The van der Waals surface area contributed by atoms with Crippen molar-refractivity contribution in [2.75, 3.05) is 13.1 Å². The maximum atomic E-state index is 12.9. The molecule has 3 heterocycles. The van der Waals surface area contributed by atoms with Crippen molar-refractivity contribution in [2.45, 2.75) is 45.2 Å². The molecular formula is C20H25N5O. The van der Waals surface area contributed by atoms with Crippen molar-refractivity contribution < 1.29 is 4.79 Å². The minimum atomic E-state index is -0.331. The van der Waals surface area contributed by atoms with E-state index in [2.05, 4.69) is 44.5 Å². The van der Waals surface area contributed by atoms with Crippen LogP contribution in [0.5, 0.6) is 0 Å². The lowest BCUT2D eigenvalue weighted by atomic mass is 9.98. The number of aromatic nitrogens is 2. The number of aromatic amines is 1. The van der Waals surface area contributed by atoms with Gasteiger partial charge < -0.3 is 0 Å². The highest BCUT2D eigenvalue weighted by Gasteiger charge is 2.40. The van der Waals surface area contributed by atoms with Gasteiger partial charge >= 0.3 is 0 Å². The maximum Gasteiger partial charge on any atom is 0.257 e. The molecule has 6 nitrogen and oxygen atoms in total. The van der Waals surface area contributed by atoms with Crippen molar-refractivity contribution in [2.24, 2.45) is 5.10 Å². The summed E-state index contributed by atoms with van der Waals surface area (Å²) >= 11 is 0. The fraction of sp³-hybridized carbons (Fsp3) is 0.450. The van der Waals surface area contributed by atoms with Crippen LogP contribution in [0.3, 0.4) is 0 Å². The second-order valence-corrected chi connectivity index (χ2v) is 7.33. The largest absolute Gasteiger partial charge is 0.299 e. The molecule has 1 atom stereocenters. The van der Waals surface area contributed by atoms with Crippen LogP contribution in [0.1, 0.15) is 42.6 Å². The summed E-state index contributed by atoms with van der Waals surface area (Å²) in [5.41, 5.74) is 3.92. The molecule has 26 heavy (non-hydrogen) atoms.